The van der Waals surface area contributed by atoms with Crippen molar-refractivity contribution in [3.05, 3.63) is 125 Å². The van der Waals surface area contributed by atoms with Gasteiger partial charge in [0.2, 0.25) is 0 Å². The summed E-state index contributed by atoms with van der Waals surface area (Å²) < 4.78 is 22.4. The summed E-state index contributed by atoms with van der Waals surface area (Å²) in [5.41, 5.74) is 2.01. The van der Waals surface area contributed by atoms with Crippen molar-refractivity contribution >= 4 is 35.6 Å². The highest BCUT2D eigenvalue weighted by Gasteiger charge is 2.37. The number of carboxylic acids is 1. The second-order valence-electron chi connectivity index (χ2n) is 7.76. The van der Waals surface area contributed by atoms with Gasteiger partial charge in [-0.25, -0.2) is 9.78 Å². The van der Waals surface area contributed by atoms with Gasteiger partial charge in [0.05, 0.1) is 11.3 Å². The highest BCUT2D eigenvalue weighted by Crippen LogP contribution is 2.50. The van der Waals surface area contributed by atoms with Crippen LogP contribution in [0.15, 0.2) is 102 Å². The zero-order chi connectivity index (χ0) is 25.6. The average Bonchev–Trinajstić information content (AvgIpc) is 3.39. The van der Waals surface area contributed by atoms with Crippen LogP contribution >= 0.6 is 18.9 Å². The number of aliphatic carboxylic acids is 1. The Balaban J connectivity index is 1.88. The number of hydrogen-bond donors (Lipinski definition) is 2. The third-order valence-corrected chi connectivity index (χ3v) is 8.07. The molecule has 0 aliphatic carbocycles. The highest BCUT2D eigenvalue weighted by molar-refractivity contribution is 7.57. The molecule has 4 aromatic rings. The lowest BCUT2D eigenvalue weighted by Crippen LogP contribution is -2.38. The minimum atomic E-state index is -3.73. The third kappa shape index (κ3) is 5.17. The molecule has 0 radical (unpaired) electrons. The van der Waals surface area contributed by atoms with E-state index in [1.165, 1.54) is 25.6 Å². The molecule has 0 aliphatic heterocycles. The van der Waals surface area contributed by atoms with Crippen molar-refractivity contribution in [3.8, 4) is 0 Å². The number of carbonyl (C=O) groups is 1. The fraction of sp³-hybridized carbons (Fsp3) is 0.111. The van der Waals surface area contributed by atoms with Gasteiger partial charge in [-0.2, -0.15) is 0 Å². The van der Waals surface area contributed by atoms with Crippen LogP contribution in [0, 0.1) is 0 Å². The molecule has 0 spiro atoms. The van der Waals surface area contributed by atoms with Crippen molar-refractivity contribution in [1.82, 2.24) is 4.98 Å². The topological polar surface area (TPSA) is 97.8 Å². The van der Waals surface area contributed by atoms with Crippen molar-refractivity contribution in [2.75, 3.05) is 19.5 Å². The molecule has 0 atom stereocenters. The Labute approximate surface area is 213 Å². The van der Waals surface area contributed by atoms with Gasteiger partial charge in [-0.15, -0.1) is 11.3 Å². The molecule has 0 amide bonds. The summed E-state index contributed by atoms with van der Waals surface area (Å²) in [7, 11) is -1.34. The van der Waals surface area contributed by atoms with Crippen molar-refractivity contribution in [2.45, 2.75) is 5.54 Å². The molecule has 7 nitrogen and oxygen atoms in total. The number of rotatable bonds is 10. The molecule has 9 heteroatoms. The number of nitrogens with zero attached hydrogens (tertiary/aromatic N) is 1. The van der Waals surface area contributed by atoms with E-state index in [4.69, 9.17) is 9.05 Å². The molecule has 184 valence electrons. The van der Waals surface area contributed by atoms with Gasteiger partial charge in [0.15, 0.2) is 5.13 Å². The summed E-state index contributed by atoms with van der Waals surface area (Å²) in [6.07, 6.45) is 0. The standard InChI is InChI=1S/C27H25N2O5PS/c1-33-35(32,34-2)18-23(25(30)31)24-19-36-26(28-24)29-27(20-12-6-3-7-13-20,21-14-8-4-9-15-21)22-16-10-5-11-17-22/h3-19H,1-2H3,(H,28,29)(H,30,31)/b23-18-. The molecular weight excluding hydrogens is 495 g/mol. The number of thiazole rings is 1. The lowest BCUT2D eigenvalue weighted by molar-refractivity contribution is -0.130. The van der Waals surface area contributed by atoms with Gasteiger partial charge < -0.3 is 19.5 Å². The second kappa shape index (κ2) is 11.0. The number of anilines is 1. The predicted molar refractivity (Wildman–Crippen MR) is 142 cm³/mol. The largest absolute Gasteiger partial charge is 0.478 e. The van der Waals surface area contributed by atoms with E-state index in [1.54, 1.807) is 5.38 Å². The van der Waals surface area contributed by atoms with Crippen LogP contribution in [0.25, 0.3) is 5.57 Å². The summed E-state index contributed by atoms with van der Waals surface area (Å²) in [6.45, 7) is 0. The van der Waals surface area contributed by atoms with Crippen molar-refractivity contribution in [1.29, 1.82) is 0 Å². The zero-order valence-corrected chi connectivity index (χ0v) is 21.4. The summed E-state index contributed by atoms with van der Waals surface area (Å²) in [6, 6.07) is 30.0. The van der Waals surface area contributed by atoms with E-state index in [-0.39, 0.29) is 11.3 Å². The van der Waals surface area contributed by atoms with E-state index in [0.717, 1.165) is 22.5 Å². The molecule has 1 heterocycles. The summed E-state index contributed by atoms with van der Waals surface area (Å²) in [4.78, 5) is 16.6. The average molecular weight is 521 g/mol. The van der Waals surface area contributed by atoms with Crippen LogP contribution in [0.2, 0.25) is 0 Å². The fourth-order valence-corrected chi connectivity index (χ4v) is 5.65. The van der Waals surface area contributed by atoms with Crippen molar-refractivity contribution in [3.63, 3.8) is 0 Å². The van der Waals surface area contributed by atoms with E-state index in [0.29, 0.717) is 5.13 Å². The molecule has 0 unspecified atom stereocenters. The fourth-order valence-electron chi connectivity index (χ4n) is 3.97. The normalized spacial score (nSPS) is 12.3. The Morgan fingerprint density at radius 2 is 1.33 bits per heavy atom. The van der Waals surface area contributed by atoms with E-state index in [1.807, 2.05) is 91.0 Å². The maximum Gasteiger partial charge on any atom is 0.354 e. The van der Waals surface area contributed by atoms with Crippen LogP contribution < -0.4 is 5.32 Å². The first-order valence-corrected chi connectivity index (χ1v) is 13.5. The molecular formula is C27H25N2O5PS. The van der Waals surface area contributed by atoms with Gasteiger partial charge in [-0.3, -0.25) is 4.57 Å². The third-order valence-electron chi connectivity index (χ3n) is 5.72. The SMILES string of the molecule is COP(=O)(/C=C(\C(=O)O)c1csc(NC(c2ccccc2)(c2ccccc2)c2ccccc2)n1)OC. The zero-order valence-electron chi connectivity index (χ0n) is 19.7. The molecule has 0 saturated heterocycles. The molecule has 3 aromatic carbocycles. The number of carboxylic acid groups (broad SMARTS) is 1. The molecule has 36 heavy (non-hydrogen) atoms. The van der Waals surface area contributed by atoms with Gasteiger partial charge in [-0.1, -0.05) is 91.0 Å². The first kappa shape index (κ1) is 25.5. The summed E-state index contributed by atoms with van der Waals surface area (Å²) in [5, 5.41) is 15.5. The van der Waals surface area contributed by atoms with Gasteiger partial charge >= 0.3 is 13.6 Å². The maximum absolute atomic E-state index is 12.6. The number of benzene rings is 3. The number of aromatic nitrogens is 1. The predicted octanol–water partition coefficient (Wildman–Crippen LogP) is 6.46. The molecule has 1 aromatic heterocycles. The minimum Gasteiger partial charge on any atom is -0.478 e. The van der Waals surface area contributed by atoms with Crippen LogP contribution in [0.4, 0.5) is 5.13 Å². The molecule has 0 saturated carbocycles. The van der Waals surface area contributed by atoms with Gasteiger partial charge in [-0.05, 0) is 16.7 Å². The molecule has 0 fully saturated rings. The number of nitrogens with one attached hydrogen (secondary N) is 1. The lowest BCUT2D eigenvalue weighted by atomic mass is 9.77. The van der Waals surface area contributed by atoms with E-state index >= 15 is 0 Å². The van der Waals surface area contributed by atoms with Gasteiger partial charge in [0, 0.05) is 25.4 Å². The van der Waals surface area contributed by atoms with Crippen LogP contribution in [0.3, 0.4) is 0 Å². The Morgan fingerprint density at radius 1 is 0.889 bits per heavy atom. The van der Waals surface area contributed by atoms with E-state index in [9.17, 15) is 14.5 Å². The monoisotopic (exact) mass is 520 g/mol. The minimum absolute atomic E-state index is 0.146. The van der Waals surface area contributed by atoms with Crippen molar-refractivity contribution in [2.24, 2.45) is 0 Å². The van der Waals surface area contributed by atoms with Crippen LogP contribution in [-0.2, 0) is 23.9 Å². The smallest absolute Gasteiger partial charge is 0.354 e. The molecule has 2 N–H and O–H groups in total. The lowest BCUT2D eigenvalue weighted by Gasteiger charge is -2.36. The van der Waals surface area contributed by atoms with Gasteiger partial charge in [0.25, 0.3) is 0 Å². The Morgan fingerprint density at radius 3 is 1.72 bits per heavy atom. The maximum atomic E-state index is 12.6. The van der Waals surface area contributed by atoms with Crippen molar-refractivity contribution < 1.29 is 23.5 Å². The Bertz CT molecular complexity index is 1290. The Hall–Kier alpha value is -3.55. The Kier molecular flexibility index (Phi) is 7.82. The molecule has 4 rings (SSSR count). The van der Waals surface area contributed by atoms with Gasteiger partial charge in [0.1, 0.15) is 5.54 Å². The molecule has 0 bridgehead atoms. The second-order valence-corrected chi connectivity index (χ2v) is 10.7. The first-order valence-electron chi connectivity index (χ1n) is 11.0. The van der Waals surface area contributed by atoms with E-state index in [2.05, 4.69) is 10.3 Å². The van der Waals surface area contributed by atoms with E-state index < -0.39 is 19.1 Å². The summed E-state index contributed by atoms with van der Waals surface area (Å²) >= 11 is 1.25. The van der Waals surface area contributed by atoms with Crippen LogP contribution in [0.1, 0.15) is 22.4 Å². The van der Waals surface area contributed by atoms with Crippen LogP contribution in [0.5, 0.6) is 0 Å². The number of hydrogen-bond acceptors (Lipinski definition) is 7. The van der Waals surface area contributed by atoms with Crippen LogP contribution in [-0.4, -0.2) is 30.3 Å². The first-order chi connectivity index (χ1) is 17.4. The quantitative estimate of drug-likeness (QED) is 0.141. The summed E-state index contributed by atoms with van der Waals surface area (Å²) in [5.74, 6) is -0.311. The molecule has 0 aliphatic rings. The highest BCUT2D eigenvalue weighted by atomic mass is 32.1.